The molecule has 1 aromatic rings. The third-order valence-electron chi connectivity index (χ3n) is 1.80. The van der Waals surface area contributed by atoms with Gasteiger partial charge >= 0.3 is 0 Å². The van der Waals surface area contributed by atoms with Crippen molar-refractivity contribution in [2.45, 2.75) is 6.10 Å². The molecule has 5 heteroatoms. The van der Waals surface area contributed by atoms with Crippen molar-refractivity contribution in [1.82, 2.24) is 4.98 Å². The highest BCUT2D eigenvalue weighted by Gasteiger charge is 2.10. The molecule has 1 heterocycles. The van der Waals surface area contributed by atoms with E-state index in [4.69, 9.17) is 15.2 Å². The largest absolute Gasteiger partial charge is 0.496 e. The molecular formula is C9H14N2O3. The van der Waals surface area contributed by atoms with Crippen LogP contribution in [0.5, 0.6) is 11.6 Å². The van der Waals surface area contributed by atoms with E-state index in [0.717, 1.165) is 0 Å². The first-order chi connectivity index (χ1) is 6.71. The Hall–Kier alpha value is -1.33. The highest BCUT2D eigenvalue weighted by Crippen LogP contribution is 2.22. The average molecular weight is 198 g/mol. The molecule has 0 fully saturated rings. The minimum atomic E-state index is -0.793. The molecule has 0 saturated heterocycles. The van der Waals surface area contributed by atoms with Gasteiger partial charge in [-0.05, 0) is 0 Å². The maximum atomic E-state index is 9.47. The highest BCUT2D eigenvalue weighted by atomic mass is 16.5. The van der Waals surface area contributed by atoms with Crippen LogP contribution >= 0.6 is 0 Å². The minimum Gasteiger partial charge on any atom is -0.496 e. The van der Waals surface area contributed by atoms with Crippen molar-refractivity contribution >= 4 is 0 Å². The summed E-state index contributed by atoms with van der Waals surface area (Å²) in [6.45, 7) is 0.114. The fourth-order valence-corrected chi connectivity index (χ4v) is 1.01. The number of hydrogen-bond acceptors (Lipinski definition) is 5. The van der Waals surface area contributed by atoms with Crippen molar-refractivity contribution in [2.24, 2.45) is 5.73 Å². The van der Waals surface area contributed by atoms with Crippen molar-refractivity contribution in [1.29, 1.82) is 0 Å². The third-order valence-corrected chi connectivity index (χ3v) is 1.80. The summed E-state index contributed by atoms with van der Waals surface area (Å²) in [7, 11) is 3.04. The zero-order chi connectivity index (χ0) is 10.6. The summed E-state index contributed by atoms with van der Waals surface area (Å²) in [5.41, 5.74) is 5.76. The topological polar surface area (TPSA) is 77.6 Å². The Morgan fingerprint density at radius 2 is 2.14 bits per heavy atom. The van der Waals surface area contributed by atoms with E-state index < -0.39 is 6.10 Å². The molecule has 0 spiro atoms. The number of ether oxygens (including phenoxy) is 2. The maximum Gasteiger partial charge on any atom is 0.217 e. The Kier molecular flexibility index (Phi) is 3.67. The van der Waals surface area contributed by atoms with E-state index >= 15 is 0 Å². The molecule has 1 aromatic heterocycles. The molecule has 0 aliphatic carbocycles. The highest BCUT2D eigenvalue weighted by molar-refractivity contribution is 5.31. The number of aliphatic hydroxyl groups is 1. The Balaban J connectivity index is 3.04. The zero-order valence-electron chi connectivity index (χ0n) is 8.23. The molecule has 14 heavy (non-hydrogen) atoms. The predicted molar refractivity (Wildman–Crippen MR) is 51.4 cm³/mol. The molecule has 0 saturated carbocycles. The molecule has 0 aromatic carbocycles. The summed E-state index contributed by atoms with van der Waals surface area (Å²) in [5, 5.41) is 9.47. The van der Waals surface area contributed by atoms with Gasteiger partial charge in [0, 0.05) is 18.7 Å². The van der Waals surface area contributed by atoms with Crippen LogP contribution in [0.4, 0.5) is 0 Å². The molecule has 0 amide bonds. The van der Waals surface area contributed by atoms with E-state index in [1.165, 1.54) is 14.2 Å². The molecule has 78 valence electrons. The summed E-state index contributed by atoms with van der Waals surface area (Å²) in [6, 6.07) is 3.26. The van der Waals surface area contributed by atoms with Crippen LogP contribution in [0.1, 0.15) is 11.8 Å². The first-order valence-corrected chi connectivity index (χ1v) is 4.19. The average Bonchev–Trinajstić information content (AvgIpc) is 2.27. The van der Waals surface area contributed by atoms with Crippen LogP contribution in [0.3, 0.4) is 0 Å². The summed E-state index contributed by atoms with van der Waals surface area (Å²) in [5.74, 6) is 0.978. The van der Waals surface area contributed by atoms with Gasteiger partial charge in [-0.3, -0.25) is 0 Å². The fraction of sp³-hybridized carbons (Fsp3) is 0.444. The molecule has 1 atom stereocenters. The van der Waals surface area contributed by atoms with Crippen molar-refractivity contribution in [3.8, 4) is 11.6 Å². The van der Waals surface area contributed by atoms with Gasteiger partial charge in [0.15, 0.2) is 0 Å². The second-order valence-corrected chi connectivity index (χ2v) is 2.73. The van der Waals surface area contributed by atoms with Gasteiger partial charge in [0.1, 0.15) is 11.9 Å². The van der Waals surface area contributed by atoms with E-state index in [-0.39, 0.29) is 6.54 Å². The Morgan fingerprint density at radius 1 is 1.43 bits per heavy atom. The van der Waals surface area contributed by atoms with Crippen molar-refractivity contribution in [3.05, 3.63) is 17.8 Å². The van der Waals surface area contributed by atoms with E-state index in [0.29, 0.717) is 17.3 Å². The standard InChI is InChI=1S/C9H14N2O3/c1-13-6-3-7(8(12)5-10)11-9(4-6)14-2/h3-4,8,12H,5,10H2,1-2H3. The van der Waals surface area contributed by atoms with Crippen LogP contribution in [0, 0.1) is 0 Å². The van der Waals surface area contributed by atoms with Gasteiger partial charge in [-0.1, -0.05) is 0 Å². The molecule has 1 rings (SSSR count). The van der Waals surface area contributed by atoms with Crippen LogP contribution in [0.15, 0.2) is 12.1 Å². The molecular weight excluding hydrogens is 184 g/mol. The van der Waals surface area contributed by atoms with Crippen molar-refractivity contribution in [2.75, 3.05) is 20.8 Å². The van der Waals surface area contributed by atoms with Gasteiger partial charge in [0.2, 0.25) is 5.88 Å². The van der Waals surface area contributed by atoms with Crippen LogP contribution in [-0.4, -0.2) is 30.9 Å². The van der Waals surface area contributed by atoms with Crippen LogP contribution in [0.25, 0.3) is 0 Å². The Labute approximate surface area is 82.5 Å². The summed E-state index contributed by atoms with van der Waals surface area (Å²) in [6.07, 6.45) is -0.793. The smallest absolute Gasteiger partial charge is 0.217 e. The van der Waals surface area contributed by atoms with Gasteiger partial charge in [-0.15, -0.1) is 0 Å². The lowest BCUT2D eigenvalue weighted by atomic mass is 10.2. The lowest BCUT2D eigenvalue weighted by molar-refractivity contribution is 0.180. The van der Waals surface area contributed by atoms with Crippen LogP contribution in [-0.2, 0) is 0 Å². The molecule has 3 N–H and O–H groups in total. The second-order valence-electron chi connectivity index (χ2n) is 2.73. The molecule has 1 unspecified atom stereocenters. The number of rotatable bonds is 4. The van der Waals surface area contributed by atoms with Gasteiger partial charge in [-0.2, -0.15) is 0 Å². The monoisotopic (exact) mass is 198 g/mol. The predicted octanol–water partition coefficient (Wildman–Crippen LogP) is 0.0909. The number of nitrogens with zero attached hydrogens (tertiary/aromatic N) is 1. The van der Waals surface area contributed by atoms with Crippen LogP contribution in [0.2, 0.25) is 0 Å². The molecule has 0 radical (unpaired) electrons. The van der Waals surface area contributed by atoms with E-state index in [9.17, 15) is 5.11 Å². The minimum absolute atomic E-state index is 0.114. The van der Waals surface area contributed by atoms with E-state index in [2.05, 4.69) is 4.98 Å². The van der Waals surface area contributed by atoms with Gasteiger partial charge < -0.3 is 20.3 Å². The summed E-state index contributed by atoms with van der Waals surface area (Å²) in [4.78, 5) is 4.04. The summed E-state index contributed by atoms with van der Waals surface area (Å²) < 4.78 is 9.97. The normalized spacial score (nSPS) is 12.3. The fourth-order valence-electron chi connectivity index (χ4n) is 1.01. The van der Waals surface area contributed by atoms with Crippen LogP contribution < -0.4 is 15.2 Å². The first kappa shape index (κ1) is 10.7. The molecule has 0 aliphatic rings. The SMILES string of the molecule is COc1cc(OC)nc(C(O)CN)c1. The number of pyridine rings is 1. The van der Waals surface area contributed by atoms with Gasteiger partial charge in [-0.25, -0.2) is 4.98 Å². The van der Waals surface area contributed by atoms with E-state index in [1.807, 2.05) is 0 Å². The number of hydrogen-bond donors (Lipinski definition) is 2. The number of aliphatic hydroxyl groups excluding tert-OH is 1. The molecule has 5 nitrogen and oxygen atoms in total. The van der Waals surface area contributed by atoms with Gasteiger partial charge in [0.25, 0.3) is 0 Å². The maximum absolute atomic E-state index is 9.47. The molecule has 0 aliphatic heterocycles. The number of aromatic nitrogens is 1. The second kappa shape index (κ2) is 4.78. The van der Waals surface area contributed by atoms with Crippen molar-refractivity contribution < 1.29 is 14.6 Å². The zero-order valence-corrected chi connectivity index (χ0v) is 8.23. The summed E-state index contributed by atoms with van der Waals surface area (Å²) >= 11 is 0. The lowest BCUT2D eigenvalue weighted by Gasteiger charge is -2.10. The molecule has 0 bridgehead atoms. The number of methoxy groups -OCH3 is 2. The van der Waals surface area contributed by atoms with Gasteiger partial charge in [0.05, 0.1) is 19.9 Å². The quantitative estimate of drug-likeness (QED) is 0.717. The Morgan fingerprint density at radius 3 is 2.64 bits per heavy atom. The third kappa shape index (κ3) is 2.34. The lowest BCUT2D eigenvalue weighted by Crippen LogP contribution is -2.13. The Bertz CT molecular complexity index is 282. The van der Waals surface area contributed by atoms with Crippen molar-refractivity contribution in [3.63, 3.8) is 0 Å². The van der Waals surface area contributed by atoms with E-state index in [1.54, 1.807) is 12.1 Å². The first-order valence-electron chi connectivity index (χ1n) is 4.19. The number of nitrogens with two attached hydrogens (primary N) is 1.